The van der Waals surface area contributed by atoms with E-state index in [4.69, 9.17) is 0 Å². The predicted molar refractivity (Wildman–Crippen MR) is 120 cm³/mol. The van der Waals surface area contributed by atoms with Crippen LogP contribution >= 0.6 is 24.0 Å². The van der Waals surface area contributed by atoms with E-state index in [2.05, 4.69) is 60.7 Å². The van der Waals surface area contributed by atoms with Crippen LogP contribution in [-0.4, -0.2) is 45.0 Å². The van der Waals surface area contributed by atoms with Crippen molar-refractivity contribution in [3.8, 4) is 0 Å². The van der Waals surface area contributed by atoms with Crippen LogP contribution in [0.1, 0.15) is 45.2 Å². The molecule has 1 aliphatic rings. The van der Waals surface area contributed by atoms with Gasteiger partial charge in [-0.1, -0.05) is 45.0 Å². The van der Waals surface area contributed by atoms with Gasteiger partial charge >= 0.3 is 0 Å². The Morgan fingerprint density at radius 2 is 1.88 bits per heavy atom. The second-order valence-electron chi connectivity index (χ2n) is 7.70. The van der Waals surface area contributed by atoms with Gasteiger partial charge in [-0.05, 0) is 36.3 Å². The number of benzene rings is 1. The smallest absolute Gasteiger partial charge is 0.191 e. The first-order chi connectivity index (χ1) is 11.7. The zero-order valence-electron chi connectivity index (χ0n) is 16.2. The van der Waals surface area contributed by atoms with E-state index in [1.54, 1.807) is 0 Å². The molecule has 1 aromatic rings. The number of rotatable bonds is 5. The molecule has 2 rings (SSSR count). The summed E-state index contributed by atoms with van der Waals surface area (Å²) in [6, 6.07) is 8.67. The predicted octanol–water partition coefficient (Wildman–Crippen LogP) is 2.89. The van der Waals surface area contributed by atoms with Crippen molar-refractivity contribution < 1.29 is 8.42 Å². The summed E-state index contributed by atoms with van der Waals surface area (Å²) in [6.07, 6.45) is 1.52. The van der Waals surface area contributed by atoms with E-state index in [9.17, 15) is 8.42 Å². The van der Waals surface area contributed by atoms with Gasteiger partial charge in [-0.25, -0.2) is 8.42 Å². The molecule has 148 valence electrons. The lowest BCUT2D eigenvalue weighted by atomic mass is 9.86. The first-order valence-corrected chi connectivity index (χ1v) is 10.9. The molecule has 2 N–H and O–H groups in total. The summed E-state index contributed by atoms with van der Waals surface area (Å²) in [5, 5.41) is 6.44. The molecule has 1 fully saturated rings. The summed E-state index contributed by atoms with van der Waals surface area (Å²) in [5.41, 5.74) is 2.76. The van der Waals surface area contributed by atoms with Crippen LogP contribution in [0, 0.1) is 0 Å². The van der Waals surface area contributed by atoms with E-state index in [1.807, 2.05) is 6.92 Å². The number of guanidine groups is 1. The van der Waals surface area contributed by atoms with Gasteiger partial charge in [0, 0.05) is 19.1 Å². The van der Waals surface area contributed by atoms with Crippen LogP contribution in [0.3, 0.4) is 0 Å². The highest BCUT2D eigenvalue weighted by molar-refractivity contribution is 14.0. The van der Waals surface area contributed by atoms with Crippen molar-refractivity contribution >= 4 is 39.8 Å². The molecule has 0 saturated carbocycles. The number of hydrogen-bond donors (Lipinski definition) is 2. The van der Waals surface area contributed by atoms with Crippen molar-refractivity contribution in [2.45, 2.75) is 52.0 Å². The summed E-state index contributed by atoms with van der Waals surface area (Å²) < 4.78 is 23.2. The highest BCUT2D eigenvalue weighted by Crippen LogP contribution is 2.22. The highest BCUT2D eigenvalue weighted by Gasteiger charge is 2.28. The number of halogens is 1. The zero-order valence-corrected chi connectivity index (χ0v) is 19.4. The summed E-state index contributed by atoms with van der Waals surface area (Å²) in [6.45, 7) is 10.1. The largest absolute Gasteiger partial charge is 0.357 e. The number of sulfone groups is 1. The van der Waals surface area contributed by atoms with Crippen molar-refractivity contribution in [1.82, 2.24) is 10.6 Å². The average Bonchev–Trinajstić information content (AvgIpc) is 2.86. The Balaban J connectivity index is 0.00000338. The third-order valence-electron chi connectivity index (χ3n) is 4.41. The fraction of sp³-hybridized carbons (Fsp3) is 0.632. The minimum absolute atomic E-state index is 0. The van der Waals surface area contributed by atoms with E-state index >= 15 is 0 Å². The van der Waals surface area contributed by atoms with Crippen LogP contribution in [0.4, 0.5) is 0 Å². The first-order valence-electron chi connectivity index (χ1n) is 9.04. The Kier molecular flexibility index (Phi) is 8.85. The Morgan fingerprint density at radius 1 is 1.23 bits per heavy atom. The van der Waals surface area contributed by atoms with Crippen molar-refractivity contribution in [3.05, 3.63) is 35.4 Å². The molecule has 5 nitrogen and oxygen atoms in total. The summed E-state index contributed by atoms with van der Waals surface area (Å²) in [5.74, 6) is 1.17. The van der Waals surface area contributed by atoms with Gasteiger partial charge in [0.25, 0.3) is 0 Å². The molecular formula is C19H32IN3O2S. The van der Waals surface area contributed by atoms with Gasteiger partial charge in [-0.2, -0.15) is 0 Å². The van der Waals surface area contributed by atoms with Crippen LogP contribution in [0.25, 0.3) is 0 Å². The summed E-state index contributed by atoms with van der Waals surface area (Å²) in [4.78, 5) is 4.59. The zero-order chi connectivity index (χ0) is 18.5. The van der Waals surface area contributed by atoms with Crippen LogP contribution < -0.4 is 10.6 Å². The van der Waals surface area contributed by atoms with Gasteiger partial charge in [0.15, 0.2) is 15.8 Å². The average molecular weight is 493 g/mol. The Hall–Kier alpha value is -0.830. The normalized spacial score (nSPS) is 19.7. The molecule has 1 saturated heterocycles. The first kappa shape index (κ1) is 23.2. The maximum absolute atomic E-state index is 11.6. The van der Waals surface area contributed by atoms with Gasteiger partial charge in [-0.15, -0.1) is 24.0 Å². The number of nitrogens with one attached hydrogen (secondary N) is 2. The van der Waals surface area contributed by atoms with Crippen molar-refractivity contribution in [3.63, 3.8) is 0 Å². The number of hydrogen-bond acceptors (Lipinski definition) is 3. The van der Waals surface area contributed by atoms with E-state index in [0.29, 0.717) is 18.9 Å². The quantitative estimate of drug-likeness (QED) is 0.376. The number of nitrogens with zero attached hydrogens (tertiary/aromatic N) is 1. The summed E-state index contributed by atoms with van der Waals surface area (Å²) >= 11 is 0. The topological polar surface area (TPSA) is 70.6 Å². The minimum Gasteiger partial charge on any atom is -0.357 e. The molecule has 0 bridgehead atoms. The molecule has 7 heteroatoms. The standard InChI is InChI=1S/C19H31N3O2S.HI/c1-5-20-18(22-17-11-13-25(23,24)14-17)21-12-10-15-6-8-16(9-7-15)19(2,3)4;/h6-9,17H,5,10-14H2,1-4H3,(H2,20,21,22);1H. The molecule has 26 heavy (non-hydrogen) atoms. The van der Waals surface area contributed by atoms with Crippen molar-refractivity contribution in [2.24, 2.45) is 4.99 Å². The SMILES string of the molecule is CCNC(=NCCc1ccc(C(C)(C)C)cc1)NC1CCS(=O)(=O)C1.I. The number of aliphatic imine (C=N–C) groups is 1. The van der Waals surface area contributed by atoms with Gasteiger partial charge in [-0.3, -0.25) is 4.99 Å². The molecule has 1 aromatic carbocycles. The fourth-order valence-electron chi connectivity index (χ4n) is 2.89. The lowest BCUT2D eigenvalue weighted by Crippen LogP contribution is -2.44. The minimum atomic E-state index is -2.88. The lowest BCUT2D eigenvalue weighted by Gasteiger charge is -2.19. The maximum atomic E-state index is 11.6. The van der Waals surface area contributed by atoms with Crippen LogP contribution in [0.15, 0.2) is 29.3 Å². The second-order valence-corrected chi connectivity index (χ2v) is 9.93. The molecule has 1 unspecified atom stereocenters. The molecule has 0 aromatic heterocycles. The molecule has 0 radical (unpaired) electrons. The van der Waals surface area contributed by atoms with Crippen molar-refractivity contribution in [2.75, 3.05) is 24.6 Å². The van der Waals surface area contributed by atoms with Gasteiger partial charge in [0.05, 0.1) is 11.5 Å². The van der Waals surface area contributed by atoms with Crippen molar-refractivity contribution in [1.29, 1.82) is 0 Å². The van der Waals surface area contributed by atoms with Crippen LogP contribution in [-0.2, 0) is 21.7 Å². The maximum Gasteiger partial charge on any atom is 0.191 e. The third-order valence-corrected chi connectivity index (χ3v) is 6.18. The molecule has 1 aliphatic heterocycles. The third kappa shape index (κ3) is 7.42. The molecular weight excluding hydrogens is 461 g/mol. The van der Waals surface area contributed by atoms with Crippen LogP contribution in [0.5, 0.6) is 0 Å². The molecule has 1 atom stereocenters. The van der Waals surface area contributed by atoms with E-state index in [-0.39, 0.29) is 46.9 Å². The van der Waals surface area contributed by atoms with Gasteiger partial charge < -0.3 is 10.6 Å². The van der Waals surface area contributed by atoms with E-state index in [0.717, 1.165) is 13.0 Å². The molecule has 1 heterocycles. The van der Waals surface area contributed by atoms with Crippen LogP contribution in [0.2, 0.25) is 0 Å². The van der Waals surface area contributed by atoms with Gasteiger partial charge in [0.1, 0.15) is 0 Å². The monoisotopic (exact) mass is 493 g/mol. The molecule has 0 aliphatic carbocycles. The van der Waals surface area contributed by atoms with E-state index < -0.39 is 9.84 Å². The highest BCUT2D eigenvalue weighted by atomic mass is 127. The lowest BCUT2D eigenvalue weighted by molar-refractivity contribution is 0.590. The Labute approximate surface area is 175 Å². The Morgan fingerprint density at radius 3 is 2.38 bits per heavy atom. The second kappa shape index (κ2) is 9.92. The van der Waals surface area contributed by atoms with E-state index in [1.165, 1.54) is 11.1 Å². The van der Waals surface area contributed by atoms with Gasteiger partial charge in [0.2, 0.25) is 0 Å². The Bertz CT molecular complexity index is 694. The fourth-order valence-corrected chi connectivity index (χ4v) is 4.56. The summed E-state index contributed by atoms with van der Waals surface area (Å²) in [7, 11) is -2.88. The molecule has 0 spiro atoms. The molecule has 0 amide bonds.